The molecule has 0 spiro atoms. The Kier molecular flexibility index (Phi) is 4.42. The van der Waals surface area contributed by atoms with Gasteiger partial charge in [-0.15, -0.1) is 0 Å². The summed E-state index contributed by atoms with van der Waals surface area (Å²) < 4.78 is 10.6. The Labute approximate surface area is 151 Å². The lowest BCUT2D eigenvalue weighted by molar-refractivity contribution is 0.313. The molecule has 0 amide bonds. The van der Waals surface area contributed by atoms with E-state index in [-0.39, 0.29) is 0 Å². The molecule has 136 valence electrons. The van der Waals surface area contributed by atoms with E-state index in [0.717, 1.165) is 54.6 Å². The van der Waals surface area contributed by atoms with Gasteiger partial charge in [0.25, 0.3) is 0 Å². The molecule has 0 atom stereocenters. The second-order valence-corrected chi connectivity index (χ2v) is 6.68. The van der Waals surface area contributed by atoms with E-state index < -0.39 is 0 Å². The Balaban J connectivity index is 1.53. The van der Waals surface area contributed by atoms with Crippen LogP contribution in [0.1, 0.15) is 22.9 Å². The molecule has 1 aliphatic heterocycles. The second kappa shape index (κ2) is 6.87. The molecule has 0 aliphatic carbocycles. The van der Waals surface area contributed by atoms with Crippen LogP contribution < -0.4 is 4.90 Å². The number of hydrogen-bond acceptors (Lipinski definition) is 8. The van der Waals surface area contributed by atoms with Crippen molar-refractivity contribution in [2.45, 2.75) is 20.3 Å². The Morgan fingerprint density at radius 3 is 2.62 bits per heavy atom. The first-order valence-corrected chi connectivity index (χ1v) is 8.74. The van der Waals surface area contributed by atoms with Gasteiger partial charge in [0.15, 0.2) is 0 Å². The fourth-order valence-electron chi connectivity index (χ4n) is 3.14. The normalized spacial score (nSPS) is 15.6. The van der Waals surface area contributed by atoms with Gasteiger partial charge in [0.1, 0.15) is 11.5 Å². The number of piperazine rings is 1. The van der Waals surface area contributed by atoms with Crippen molar-refractivity contribution in [2.75, 3.05) is 38.1 Å². The third-order valence-electron chi connectivity index (χ3n) is 4.82. The number of nitrogens with zero attached hydrogens (tertiary/aromatic N) is 6. The largest absolute Gasteiger partial charge is 0.369 e. The lowest BCUT2D eigenvalue weighted by Crippen LogP contribution is -2.44. The van der Waals surface area contributed by atoms with Crippen LogP contribution in [0.5, 0.6) is 0 Å². The van der Waals surface area contributed by atoms with Gasteiger partial charge in [0.2, 0.25) is 11.7 Å². The lowest BCUT2D eigenvalue weighted by Gasteiger charge is -2.34. The minimum atomic E-state index is 0.503. The summed E-state index contributed by atoms with van der Waals surface area (Å²) in [6.45, 7) is 7.91. The summed E-state index contributed by atoms with van der Waals surface area (Å²) in [4.78, 5) is 13.6. The molecule has 8 nitrogen and oxygen atoms in total. The average Bonchev–Trinajstić information content (AvgIpc) is 3.25. The maximum atomic E-state index is 5.41. The van der Waals surface area contributed by atoms with Gasteiger partial charge >= 0.3 is 0 Å². The van der Waals surface area contributed by atoms with E-state index in [4.69, 9.17) is 9.05 Å². The molecule has 1 saturated heterocycles. The van der Waals surface area contributed by atoms with Crippen molar-refractivity contribution in [3.05, 3.63) is 41.2 Å². The zero-order valence-electron chi connectivity index (χ0n) is 15.3. The van der Waals surface area contributed by atoms with E-state index in [2.05, 4.69) is 37.1 Å². The van der Waals surface area contributed by atoms with Gasteiger partial charge < -0.3 is 18.8 Å². The number of aromatic nitrogens is 4. The molecule has 4 heterocycles. The molecule has 3 aromatic heterocycles. The molecule has 8 heteroatoms. The number of likely N-dealkylation sites (N-methyl/N-ethyl adjacent to an activating group) is 1. The van der Waals surface area contributed by atoms with Crippen LogP contribution in [-0.2, 0) is 6.42 Å². The third-order valence-corrected chi connectivity index (χ3v) is 4.82. The van der Waals surface area contributed by atoms with Crippen LogP contribution >= 0.6 is 0 Å². The molecule has 1 fully saturated rings. The summed E-state index contributed by atoms with van der Waals surface area (Å²) >= 11 is 0. The molecule has 1 aliphatic rings. The molecular weight excluding hydrogens is 332 g/mol. The molecule has 3 aromatic rings. The van der Waals surface area contributed by atoms with Gasteiger partial charge in [-0.2, -0.15) is 4.98 Å². The van der Waals surface area contributed by atoms with Crippen LogP contribution in [0.2, 0.25) is 0 Å². The maximum absolute atomic E-state index is 5.41. The van der Waals surface area contributed by atoms with Crippen molar-refractivity contribution in [3.8, 4) is 11.5 Å². The van der Waals surface area contributed by atoms with Gasteiger partial charge in [-0.1, -0.05) is 10.3 Å². The highest BCUT2D eigenvalue weighted by Crippen LogP contribution is 2.23. The van der Waals surface area contributed by atoms with Crippen LogP contribution in [0, 0.1) is 13.8 Å². The maximum Gasteiger partial charge on any atom is 0.231 e. The first-order chi connectivity index (χ1) is 12.6. The highest BCUT2D eigenvalue weighted by atomic mass is 16.5. The minimum absolute atomic E-state index is 0.503. The topological polar surface area (TPSA) is 84.3 Å². The molecule has 0 aromatic carbocycles. The highest BCUT2D eigenvalue weighted by Gasteiger charge is 2.18. The molecule has 0 radical (unpaired) electrons. The SMILES string of the molecule is Cc1noc(C)c1Cc1nc(-c2cc(N3CCN(C)CC3)ccn2)no1. The van der Waals surface area contributed by atoms with Gasteiger partial charge in [-0.3, -0.25) is 4.98 Å². The number of rotatable bonds is 4. The standard InChI is InChI=1S/C18H22N6O2/c1-12-15(13(2)25-21-12)11-17-20-18(22-26-17)16-10-14(4-5-19-16)24-8-6-23(3)7-9-24/h4-5,10H,6-9,11H2,1-3H3. The number of anilines is 1. The van der Waals surface area contributed by atoms with Crippen LogP contribution in [0.15, 0.2) is 27.4 Å². The van der Waals surface area contributed by atoms with Crippen LogP contribution in [0.25, 0.3) is 11.5 Å². The van der Waals surface area contributed by atoms with E-state index in [1.165, 1.54) is 0 Å². The molecule has 0 unspecified atom stereocenters. The van der Waals surface area contributed by atoms with Crippen molar-refractivity contribution in [3.63, 3.8) is 0 Å². The van der Waals surface area contributed by atoms with E-state index in [1.807, 2.05) is 26.0 Å². The molecule has 0 N–H and O–H groups in total. The molecule has 0 bridgehead atoms. The van der Waals surface area contributed by atoms with E-state index in [9.17, 15) is 0 Å². The van der Waals surface area contributed by atoms with Gasteiger partial charge in [0, 0.05) is 43.6 Å². The number of pyridine rings is 1. The number of hydrogen-bond donors (Lipinski definition) is 0. The predicted octanol–water partition coefficient (Wildman–Crippen LogP) is 2.08. The van der Waals surface area contributed by atoms with E-state index in [0.29, 0.717) is 18.1 Å². The first kappa shape index (κ1) is 16.7. The molecule has 0 saturated carbocycles. The second-order valence-electron chi connectivity index (χ2n) is 6.68. The average molecular weight is 354 g/mol. The fourth-order valence-corrected chi connectivity index (χ4v) is 3.14. The Hall–Kier alpha value is -2.74. The third kappa shape index (κ3) is 3.32. The Bertz CT molecular complexity index is 875. The molecule has 26 heavy (non-hydrogen) atoms. The quantitative estimate of drug-likeness (QED) is 0.704. The minimum Gasteiger partial charge on any atom is -0.369 e. The van der Waals surface area contributed by atoms with E-state index in [1.54, 1.807) is 6.20 Å². The van der Waals surface area contributed by atoms with E-state index >= 15 is 0 Å². The zero-order valence-corrected chi connectivity index (χ0v) is 15.3. The predicted molar refractivity (Wildman–Crippen MR) is 96.0 cm³/mol. The first-order valence-electron chi connectivity index (χ1n) is 8.74. The monoisotopic (exact) mass is 354 g/mol. The summed E-state index contributed by atoms with van der Waals surface area (Å²) in [5, 5.41) is 8.06. The summed E-state index contributed by atoms with van der Waals surface area (Å²) in [7, 11) is 2.15. The number of aryl methyl sites for hydroxylation is 2. The van der Waals surface area contributed by atoms with Crippen molar-refractivity contribution in [1.82, 2.24) is 25.2 Å². The van der Waals surface area contributed by atoms with Crippen LogP contribution in [0.3, 0.4) is 0 Å². The zero-order chi connectivity index (χ0) is 18.1. The fraction of sp³-hybridized carbons (Fsp3) is 0.444. The lowest BCUT2D eigenvalue weighted by atomic mass is 10.1. The molecule has 4 rings (SSSR count). The summed E-state index contributed by atoms with van der Waals surface area (Å²) in [5.74, 6) is 1.81. The Morgan fingerprint density at radius 1 is 1.08 bits per heavy atom. The van der Waals surface area contributed by atoms with Gasteiger partial charge in [-0.25, -0.2) is 0 Å². The summed E-state index contributed by atoms with van der Waals surface area (Å²) in [6, 6.07) is 4.05. The van der Waals surface area contributed by atoms with Gasteiger partial charge in [-0.05, 0) is 33.0 Å². The van der Waals surface area contributed by atoms with Crippen molar-refractivity contribution >= 4 is 5.69 Å². The van der Waals surface area contributed by atoms with Crippen LogP contribution in [-0.4, -0.2) is 58.4 Å². The molecular formula is C18H22N6O2. The summed E-state index contributed by atoms with van der Waals surface area (Å²) in [6.07, 6.45) is 2.31. The highest BCUT2D eigenvalue weighted by molar-refractivity contribution is 5.58. The smallest absolute Gasteiger partial charge is 0.231 e. The van der Waals surface area contributed by atoms with Crippen molar-refractivity contribution in [1.29, 1.82) is 0 Å². The van der Waals surface area contributed by atoms with Gasteiger partial charge in [0.05, 0.1) is 12.1 Å². The Morgan fingerprint density at radius 2 is 1.88 bits per heavy atom. The van der Waals surface area contributed by atoms with Crippen molar-refractivity contribution < 1.29 is 9.05 Å². The summed E-state index contributed by atoms with van der Waals surface area (Å²) in [5.41, 5.74) is 3.69. The van der Waals surface area contributed by atoms with Crippen molar-refractivity contribution in [2.24, 2.45) is 0 Å². The van der Waals surface area contributed by atoms with Crippen LogP contribution in [0.4, 0.5) is 5.69 Å².